The zero-order chi connectivity index (χ0) is 9.72. The Morgan fingerprint density at radius 3 is 1.67 bits per heavy atom. The summed E-state index contributed by atoms with van der Waals surface area (Å²) in [6.45, 7) is 9.83. The Bertz CT molecular complexity index is 133. The van der Waals surface area contributed by atoms with E-state index >= 15 is 0 Å². The summed E-state index contributed by atoms with van der Waals surface area (Å²) in [5.74, 6) is 0.965. The molecule has 3 heteroatoms. The Morgan fingerprint density at radius 1 is 1.17 bits per heavy atom. The van der Waals surface area contributed by atoms with Crippen LogP contribution in [0.1, 0.15) is 27.7 Å². The first-order valence-corrected chi connectivity index (χ1v) is 4.47. The van der Waals surface area contributed by atoms with Crippen LogP contribution in [0, 0.1) is 11.8 Å². The van der Waals surface area contributed by atoms with Gasteiger partial charge in [0.1, 0.15) is 0 Å². The summed E-state index contributed by atoms with van der Waals surface area (Å²) in [5, 5.41) is 0. The number of urea groups is 1. The molecule has 2 amide bonds. The van der Waals surface area contributed by atoms with E-state index in [1.807, 2.05) is 0 Å². The summed E-state index contributed by atoms with van der Waals surface area (Å²) >= 11 is 0. The van der Waals surface area contributed by atoms with E-state index in [0.717, 1.165) is 13.1 Å². The van der Waals surface area contributed by atoms with Crippen molar-refractivity contribution in [1.29, 1.82) is 0 Å². The molecule has 2 N–H and O–H groups in total. The second kappa shape index (κ2) is 5.01. The van der Waals surface area contributed by atoms with E-state index in [4.69, 9.17) is 5.73 Å². The second-order valence-electron chi connectivity index (χ2n) is 4.03. The number of primary amides is 1. The number of carbonyl (C=O) groups is 1. The fourth-order valence-corrected chi connectivity index (χ4v) is 1.14. The molecule has 0 saturated carbocycles. The van der Waals surface area contributed by atoms with Crippen LogP contribution >= 0.6 is 0 Å². The quantitative estimate of drug-likeness (QED) is 0.689. The van der Waals surface area contributed by atoms with Gasteiger partial charge in [0.2, 0.25) is 0 Å². The van der Waals surface area contributed by atoms with Crippen molar-refractivity contribution in [1.82, 2.24) is 4.90 Å². The van der Waals surface area contributed by atoms with Crippen LogP contribution in [0.4, 0.5) is 4.79 Å². The average Bonchev–Trinajstić information content (AvgIpc) is 1.83. The smallest absolute Gasteiger partial charge is 0.314 e. The first-order chi connectivity index (χ1) is 5.43. The van der Waals surface area contributed by atoms with Gasteiger partial charge in [-0.25, -0.2) is 4.79 Å². The molecule has 0 fully saturated rings. The van der Waals surface area contributed by atoms with Gasteiger partial charge in [-0.1, -0.05) is 27.7 Å². The third-order valence-corrected chi connectivity index (χ3v) is 1.48. The molecule has 0 spiro atoms. The van der Waals surface area contributed by atoms with Crippen LogP contribution in [-0.2, 0) is 0 Å². The Labute approximate surface area is 74.9 Å². The van der Waals surface area contributed by atoms with Gasteiger partial charge < -0.3 is 10.6 Å². The molecule has 12 heavy (non-hydrogen) atoms. The Hall–Kier alpha value is -0.730. The van der Waals surface area contributed by atoms with Crippen molar-refractivity contribution in [2.24, 2.45) is 17.6 Å². The molecule has 0 aromatic carbocycles. The monoisotopic (exact) mass is 172 g/mol. The zero-order valence-corrected chi connectivity index (χ0v) is 8.50. The van der Waals surface area contributed by atoms with E-state index < -0.39 is 0 Å². The summed E-state index contributed by atoms with van der Waals surface area (Å²) in [6, 6.07) is -0.308. The highest BCUT2D eigenvalue weighted by Gasteiger charge is 2.12. The van der Waals surface area contributed by atoms with E-state index in [0.29, 0.717) is 11.8 Å². The SMILES string of the molecule is CC(C)CN(CC(C)C)C(N)=O. The molecule has 0 rings (SSSR count). The van der Waals surface area contributed by atoms with Gasteiger partial charge in [-0.05, 0) is 11.8 Å². The Balaban J connectivity index is 3.96. The topological polar surface area (TPSA) is 46.3 Å². The molecule has 0 aromatic rings. The Kier molecular flexibility index (Phi) is 4.71. The predicted octanol–water partition coefficient (Wildman–Crippen LogP) is 1.68. The highest BCUT2D eigenvalue weighted by Crippen LogP contribution is 2.02. The van der Waals surface area contributed by atoms with Crippen molar-refractivity contribution in [3.63, 3.8) is 0 Å². The molecular formula is C9H20N2O. The minimum Gasteiger partial charge on any atom is -0.351 e. The maximum absolute atomic E-state index is 10.9. The van der Waals surface area contributed by atoms with Crippen molar-refractivity contribution in [2.45, 2.75) is 27.7 Å². The summed E-state index contributed by atoms with van der Waals surface area (Å²) < 4.78 is 0. The van der Waals surface area contributed by atoms with Gasteiger partial charge in [-0.2, -0.15) is 0 Å². The lowest BCUT2D eigenvalue weighted by molar-refractivity contribution is 0.192. The lowest BCUT2D eigenvalue weighted by Crippen LogP contribution is -2.40. The lowest BCUT2D eigenvalue weighted by Gasteiger charge is -2.24. The molecule has 0 aliphatic heterocycles. The largest absolute Gasteiger partial charge is 0.351 e. The van der Waals surface area contributed by atoms with Crippen LogP contribution in [0.5, 0.6) is 0 Å². The van der Waals surface area contributed by atoms with Crippen LogP contribution in [0.3, 0.4) is 0 Å². The van der Waals surface area contributed by atoms with Crippen LogP contribution in [0.25, 0.3) is 0 Å². The second-order valence-corrected chi connectivity index (χ2v) is 4.03. The van der Waals surface area contributed by atoms with Crippen molar-refractivity contribution in [3.8, 4) is 0 Å². The number of hydrogen-bond acceptors (Lipinski definition) is 1. The average molecular weight is 172 g/mol. The number of hydrogen-bond donors (Lipinski definition) is 1. The van der Waals surface area contributed by atoms with Crippen LogP contribution in [-0.4, -0.2) is 24.0 Å². The molecule has 0 aliphatic rings. The molecule has 0 saturated heterocycles. The summed E-state index contributed by atoms with van der Waals surface area (Å²) in [6.07, 6.45) is 0. The molecular weight excluding hydrogens is 152 g/mol. The predicted molar refractivity (Wildman–Crippen MR) is 50.8 cm³/mol. The number of nitrogens with zero attached hydrogens (tertiary/aromatic N) is 1. The molecule has 0 aromatic heterocycles. The van der Waals surface area contributed by atoms with Crippen LogP contribution in [0.15, 0.2) is 0 Å². The standard InChI is InChI=1S/C9H20N2O/c1-7(2)5-11(9(10)12)6-8(3)4/h7-8H,5-6H2,1-4H3,(H2,10,12). The molecule has 0 aliphatic carbocycles. The van der Waals surface area contributed by atoms with Crippen molar-refractivity contribution in [2.75, 3.05) is 13.1 Å². The van der Waals surface area contributed by atoms with E-state index in [2.05, 4.69) is 27.7 Å². The van der Waals surface area contributed by atoms with Crippen LogP contribution < -0.4 is 5.73 Å². The molecule has 72 valence electrons. The minimum absolute atomic E-state index is 0.308. The van der Waals surface area contributed by atoms with Gasteiger partial charge in [-0.15, -0.1) is 0 Å². The number of carbonyl (C=O) groups excluding carboxylic acids is 1. The lowest BCUT2D eigenvalue weighted by atomic mass is 10.1. The fraction of sp³-hybridized carbons (Fsp3) is 0.889. The highest BCUT2D eigenvalue weighted by atomic mass is 16.2. The maximum atomic E-state index is 10.9. The van der Waals surface area contributed by atoms with E-state index in [-0.39, 0.29) is 6.03 Å². The van der Waals surface area contributed by atoms with Gasteiger partial charge in [0.05, 0.1) is 0 Å². The minimum atomic E-state index is -0.308. The van der Waals surface area contributed by atoms with E-state index in [9.17, 15) is 4.79 Å². The number of rotatable bonds is 4. The third-order valence-electron chi connectivity index (χ3n) is 1.48. The van der Waals surface area contributed by atoms with Crippen molar-refractivity contribution < 1.29 is 4.79 Å². The number of amides is 2. The van der Waals surface area contributed by atoms with Gasteiger partial charge >= 0.3 is 6.03 Å². The van der Waals surface area contributed by atoms with Gasteiger partial charge in [0.15, 0.2) is 0 Å². The molecule has 0 bridgehead atoms. The summed E-state index contributed by atoms with van der Waals surface area (Å²) in [5.41, 5.74) is 5.22. The first kappa shape index (κ1) is 11.3. The van der Waals surface area contributed by atoms with E-state index in [1.165, 1.54) is 0 Å². The fourth-order valence-electron chi connectivity index (χ4n) is 1.14. The number of nitrogens with two attached hydrogens (primary N) is 1. The summed E-state index contributed by atoms with van der Waals surface area (Å²) in [7, 11) is 0. The van der Waals surface area contributed by atoms with Gasteiger partial charge in [-0.3, -0.25) is 0 Å². The molecule has 0 radical (unpaired) electrons. The van der Waals surface area contributed by atoms with E-state index in [1.54, 1.807) is 4.90 Å². The molecule has 0 heterocycles. The zero-order valence-electron chi connectivity index (χ0n) is 8.50. The first-order valence-electron chi connectivity index (χ1n) is 4.47. The van der Waals surface area contributed by atoms with Crippen molar-refractivity contribution in [3.05, 3.63) is 0 Å². The third kappa shape index (κ3) is 4.99. The normalized spacial score (nSPS) is 10.8. The molecule has 0 atom stereocenters. The van der Waals surface area contributed by atoms with Gasteiger partial charge in [0, 0.05) is 13.1 Å². The van der Waals surface area contributed by atoms with Crippen LogP contribution in [0.2, 0.25) is 0 Å². The van der Waals surface area contributed by atoms with Gasteiger partial charge in [0.25, 0.3) is 0 Å². The Morgan fingerprint density at radius 2 is 1.50 bits per heavy atom. The van der Waals surface area contributed by atoms with Crippen molar-refractivity contribution >= 4 is 6.03 Å². The molecule has 0 unspecified atom stereocenters. The molecule has 3 nitrogen and oxygen atoms in total. The summed E-state index contributed by atoms with van der Waals surface area (Å²) in [4.78, 5) is 12.6. The maximum Gasteiger partial charge on any atom is 0.314 e. The highest BCUT2D eigenvalue weighted by molar-refractivity contribution is 5.71.